The van der Waals surface area contributed by atoms with Crippen LogP contribution in [0.3, 0.4) is 0 Å². The lowest BCUT2D eigenvalue weighted by Gasteiger charge is -2.67. The number of methoxy groups -OCH3 is 2. The molecule has 25 heteroatoms. The lowest BCUT2D eigenvalue weighted by molar-refractivity contribution is -0.343. The number of Topliss-reactive ketones (excluding diaryl/α,β-unsaturated/α-hetero) is 2. The zero-order chi connectivity index (χ0) is 58.8. The van der Waals surface area contributed by atoms with E-state index in [-0.39, 0.29) is 45.0 Å². The van der Waals surface area contributed by atoms with E-state index in [9.17, 15) is 36.3 Å². The molecule has 1 aromatic carbocycles. The van der Waals surface area contributed by atoms with Gasteiger partial charge in [0.1, 0.15) is 58.0 Å². The lowest BCUT2D eigenvalue weighted by atomic mass is 9.44. The summed E-state index contributed by atoms with van der Waals surface area (Å²) in [7, 11) is -7.34. The number of hydrogen-bond donors (Lipinski definition) is 2. The fourth-order valence-electron chi connectivity index (χ4n) is 12.6. The number of ether oxygens (including phenoxy) is 7. The second kappa shape index (κ2) is 21.6. The third kappa shape index (κ3) is 10.6. The first kappa shape index (κ1) is 61.9. The second-order valence-corrected chi connectivity index (χ2v) is 30.2. The fraction of sp³-hybridized carbons (Fsp3) is 0.660. The van der Waals surface area contributed by atoms with Crippen molar-refractivity contribution in [1.82, 2.24) is 5.32 Å². The topological polar surface area (TPSA) is 265 Å². The van der Waals surface area contributed by atoms with Gasteiger partial charge in [0.15, 0.2) is 11.7 Å². The van der Waals surface area contributed by atoms with Crippen LogP contribution in [0, 0.1) is 22.7 Å². The molecule has 78 heavy (non-hydrogen) atoms. The van der Waals surface area contributed by atoms with Crippen molar-refractivity contribution in [1.29, 1.82) is 0 Å². The quantitative estimate of drug-likeness (QED) is 0.0376. The molecule has 0 spiro atoms. The number of furan rings is 1. The molecule has 2 N–H and O–H groups in total. The largest absolute Gasteiger partial charge is 0.523 e. The highest BCUT2D eigenvalue weighted by atomic mass is 32.2. The predicted molar refractivity (Wildman–Crippen MR) is 271 cm³/mol. The molecule has 2 saturated carbocycles. The minimum Gasteiger partial charge on any atom is -0.497 e. The number of fused-ring (bicyclic) bond motifs is 5. The van der Waals surface area contributed by atoms with Crippen LogP contribution >= 0.6 is 0 Å². The predicted octanol–water partition coefficient (Wildman–Crippen LogP) is 8.36. The van der Waals surface area contributed by atoms with Crippen LogP contribution in [-0.4, -0.2) is 125 Å². The highest BCUT2D eigenvalue weighted by Gasteiger charge is 2.79. The van der Waals surface area contributed by atoms with Gasteiger partial charge in [-0.2, -0.15) is 21.6 Å². The van der Waals surface area contributed by atoms with Gasteiger partial charge < -0.3 is 52.4 Å². The molecule has 3 aliphatic carbocycles. The van der Waals surface area contributed by atoms with Gasteiger partial charge in [0.25, 0.3) is 0 Å². The second-order valence-electron chi connectivity index (χ2n) is 23.2. The number of amides is 1. The number of esters is 3. The van der Waals surface area contributed by atoms with Gasteiger partial charge in [-0.15, -0.1) is 0 Å². The molecule has 3 fully saturated rings. The Morgan fingerprint density at radius 3 is 2.04 bits per heavy atom. The van der Waals surface area contributed by atoms with Crippen molar-refractivity contribution in [3.63, 3.8) is 0 Å². The number of allylic oxidation sites excluding steroid dienone is 1. The van der Waals surface area contributed by atoms with Crippen LogP contribution in [0.4, 0.5) is 18.0 Å². The molecule has 1 amide bonds. The Bertz CT molecular complexity index is 2790. The van der Waals surface area contributed by atoms with Crippen molar-refractivity contribution < 1.29 is 102 Å². The maximum absolute atomic E-state index is 15.7. The number of halogens is 3. The van der Waals surface area contributed by atoms with Gasteiger partial charge >= 0.3 is 39.6 Å². The normalized spacial score (nSPS) is 28.1. The monoisotopic (exact) mass is 1140 g/mol. The summed E-state index contributed by atoms with van der Waals surface area (Å²) in [5.41, 5.74) is -18.3. The average molecular weight is 1140 g/mol. The smallest absolute Gasteiger partial charge is 0.497 e. The molecule has 0 radical (unpaired) electrons. The van der Waals surface area contributed by atoms with Crippen molar-refractivity contribution in [2.24, 2.45) is 22.7 Å². The first-order valence-corrected chi connectivity index (χ1v) is 29.0. The summed E-state index contributed by atoms with van der Waals surface area (Å²) in [6.45, 7) is 21.7. The van der Waals surface area contributed by atoms with Crippen LogP contribution in [0.15, 0.2) is 52.3 Å². The van der Waals surface area contributed by atoms with Crippen LogP contribution in [0.2, 0.25) is 16.6 Å². The first-order valence-electron chi connectivity index (χ1n) is 25.5. The Kier molecular flexibility index (Phi) is 17.1. The van der Waals surface area contributed by atoms with Crippen LogP contribution < -0.4 is 14.8 Å². The maximum atomic E-state index is 15.7. The SMILES string of the molecule is COc1ccc(OC)c(C(=O)O[C@H]2[C@@H]3[C@]4(OC(C)=O)CO[C@@H]4C[C@H](OS(=O)(=O)C(F)(F)F)[C@@]3(C)C(=O)C(=O)C3C(C)=C(OC(=O)[C@H](O[Si](C(C)C)(C(C)C)C(C)C)[C@@H](NC(=O)OC(C)(C)C)c4ccco4)C[C@]2(O)C3(C)C)c1. The summed E-state index contributed by atoms with van der Waals surface area (Å²) in [5.74, 6) is -11.2. The maximum Gasteiger partial charge on any atom is 0.523 e. The summed E-state index contributed by atoms with van der Waals surface area (Å²) in [5, 5.41) is 16.8. The molecule has 1 saturated heterocycles. The van der Waals surface area contributed by atoms with Crippen molar-refractivity contribution in [3.8, 4) is 11.5 Å². The number of alkyl halides is 3. The molecule has 6 rings (SSSR count). The van der Waals surface area contributed by atoms with Crippen LogP contribution in [0.5, 0.6) is 11.5 Å². The summed E-state index contributed by atoms with van der Waals surface area (Å²) in [6.07, 6.45) is -9.76. The van der Waals surface area contributed by atoms with Crippen molar-refractivity contribution >= 4 is 54.0 Å². The minimum absolute atomic E-state index is 0.0240. The number of carbonyl (C=O) groups is 6. The summed E-state index contributed by atoms with van der Waals surface area (Å²) in [4.78, 5) is 88.9. The molecular formula is C53H72F3NO19SSi. The Morgan fingerprint density at radius 1 is 0.936 bits per heavy atom. The zero-order valence-corrected chi connectivity index (χ0v) is 48.5. The van der Waals surface area contributed by atoms with Crippen LogP contribution in [-0.2, 0) is 61.6 Å². The number of aliphatic hydroxyl groups is 1. The minimum atomic E-state index is -6.62. The molecule has 2 heterocycles. The van der Waals surface area contributed by atoms with E-state index in [0.29, 0.717) is 0 Å². The van der Waals surface area contributed by atoms with Crippen molar-refractivity contribution in [3.05, 3.63) is 59.3 Å². The number of hydrogen-bond acceptors (Lipinski definition) is 19. The zero-order valence-electron chi connectivity index (χ0n) is 46.7. The number of alkyl carbamates (subject to hydrolysis) is 1. The number of ketones is 2. The molecule has 4 aliphatic rings. The summed E-state index contributed by atoms with van der Waals surface area (Å²) < 4.78 is 128. The van der Waals surface area contributed by atoms with E-state index in [1.165, 1.54) is 71.6 Å². The van der Waals surface area contributed by atoms with Gasteiger partial charge in [-0.05, 0) is 87.1 Å². The Labute approximate surface area is 452 Å². The summed E-state index contributed by atoms with van der Waals surface area (Å²) in [6, 6.07) is 5.48. The highest BCUT2D eigenvalue weighted by molar-refractivity contribution is 7.87. The van der Waals surface area contributed by atoms with Gasteiger partial charge in [-0.25, -0.2) is 14.4 Å². The number of rotatable bonds is 17. The van der Waals surface area contributed by atoms with Gasteiger partial charge in [0, 0.05) is 25.2 Å². The van der Waals surface area contributed by atoms with Crippen LogP contribution in [0.25, 0.3) is 0 Å². The molecular weight excluding hydrogens is 1070 g/mol. The van der Waals surface area contributed by atoms with Gasteiger partial charge in [-0.1, -0.05) is 55.4 Å². The van der Waals surface area contributed by atoms with E-state index in [0.717, 1.165) is 13.8 Å². The number of nitrogens with one attached hydrogen (secondary N) is 1. The third-order valence-electron chi connectivity index (χ3n) is 16.3. The van der Waals surface area contributed by atoms with E-state index in [4.69, 9.17) is 46.2 Å². The molecule has 1 aromatic heterocycles. The van der Waals surface area contributed by atoms with E-state index in [1.54, 1.807) is 20.8 Å². The Hall–Kier alpha value is -5.34. The molecule has 1 unspecified atom stereocenters. The summed E-state index contributed by atoms with van der Waals surface area (Å²) >= 11 is 0. The lowest BCUT2D eigenvalue weighted by Crippen LogP contribution is -2.82. The Balaban J connectivity index is 1.66. The standard InChI is InChI=1S/C53H72F3NO19SSi/c1-26(2)78(27(3)4,28(5)6)76-41(39(34-18-17-21-69-34)57-47(63)74-48(9,10)11)46(62)71-35-24-52(64)44(72-45(61)32-22-31(67-15)19-20-33(32)68-16)42-50(14,43(60)40(59)38(29(35)7)49(52,12)13)36(75-77(65,66)53(54,55)56)23-37-51(42,25-70-37)73-30(8)58/h17-22,26-28,36-39,41-42,44,64H,23-25H2,1-16H3,(H,57,63)/t36-,37+,38?,39-,41+,42-,44-,50+,51-,52+/m0/s1. The fourth-order valence-corrected chi connectivity index (χ4v) is 18.8. The van der Waals surface area contributed by atoms with E-state index in [1.807, 2.05) is 41.5 Å². The van der Waals surface area contributed by atoms with Gasteiger partial charge in [0.2, 0.25) is 19.9 Å². The molecule has 10 atom stereocenters. The molecule has 434 valence electrons. The number of carbonyl (C=O) groups excluding carboxylic acids is 6. The average Bonchev–Trinajstić information content (AvgIpc) is 3.89. The van der Waals surface area contributed by atoms with Crippen molar-refractivity contribution in [2.75, 3.05) is 20.8 Å². The van der Waals surface area contributed by atoms with Crippen LogP contribution in [0.1, 0.15) is 132 Å². The van der Waals surface area contributed by atoms with E-state index in [2.05, 4.69) is 5.32 Å². The molecule has 1 aliphatic heterocycles. The molecule has 2 bridgehead atoms. The van der Waals surface area contributed by atoms with Gasteiger partial charge in [0.05, 0.1) is 50.4 Å². The molecule has 20 nitrogen and oxygen atoms in total. The Morgan fingerprint density at radius 2 is 1.55 bits per heavy atom. The third-order valence-corrected chi connectivity index (χ3v) is 23.4. The van der Waals surface area contributed by atoms with E-state index < -0.39 is 155 Å². The van der Waals surface area contributed by atoms with Crippen molar-refractivity contribution in [2.45, 2.75) is 179 Å². The number of benzene rings is 1. The van der Waals surface area contributed by atoms with E-state index >= 15 is 19.2 Å². The van der Waals surface area contributed by atoms with Gasteiger partial charge in [-0.3, -0.25) is 18.6 Å². The first-order chi connectivity index (χ1) is 35.8. The molecule has 2 aromatic rings. The highest BCUT2D eigenvalue weighted by Crippen LogP contribution is 2.65.